The van der Waals surface area contributed by atoms with Crippen molar-refractivity contribution in [2.75, 3.05) is 6.61 Å². The minimum atomic E-state index is -0.902. The fraction of sp³-hybridized carbons (Fsp3) is 0.280. The molecule has 1 atom stereocenters. The molecule has 1 heterocycles. The Morgan fingerprint density at radius 2 is 1.82 bits per heavy atom. The van der Waals surface area contributed by atoms with Gasteiger partial charge in [-0.3, -0.25) is 10.1 Å². The summed E-state index contributed by atoms with van der Waals surface area (Å²) in [6, 6.07) is 5.86. The summed E-state index contributed by atoms with van der Waals surface area (Å²) in [6.45, 7) is 7.18. The van der Waals surface area contributed by atoms with Crippen LogP contribution < -0.4 is 5.32 Å². The molecular formula is C25H28N2O6. The molecule has 8 nitrogen and oxygen atoms in total. The van der Waals surface area contributed by atoms with Gasteiger partial charge in [-0.2, -0.15) is 0 Å². The third-order valence-electron chi connectivity index (χ3n) is 4.87. The van der Waals surface area contributed by atoms with E-state index in [9.17, 15) is 19.7 Å². The lowest BCUT2D eigenvalue weighted by atomic mass is 9.80. The van der Waals surface area contributed by atoms with Crippen LogP contribution >= 0.6 is 0 Å². The largest absolute Gasteiger partial charge is 0.458 e. The SMILES string of the molecule is CC=CC=CCOC(=O)C1=C(C)NC(C)=C(C(=O)OC=CCC)C1c1cccc([N+](=O)[O-])c1. The van der Waals surface area contributed by atoms with Crippen molar-refractivity contribution in [2.45, 2.75) is 40.0 Å². The number of ether oxygens (including phenoxy) is 2. The van der Waals surface area contributed by atoms with Crippen molar-refractivity contribution in [3.63, 3.8) is 0 Å². The summed E-state index contributed by atoms with van der Waals surface area (Å²) in [7, 11) is 0. The number of esters is 2. The first-order valence-electron chi connectivity index (χ1n) is 10.6. The second-order valence-electron chi connectivity index (χ2n) is 7.23. The van der Waals surface area contributed by atoms with E-state index < -0.39 is 22.8 Å². The highest BCUT2D eigenvalue weighted by atomic mass is 16.6. The Labute approximate surface area is 193 Å². The van der Waals surface area contributed by atoms with Crippen molar-refractivity contribution in [3.05, 3.63) is 99.1 Å². The summed E-state index contributed by atoms with van der Waals surface area (Å²) in [5.74, 6) is -2.20. The Balaban J connectivity index is 2.54. The van der Waals surface area contributed by atoms with Crippen LogP contribution in [0.4, 0.5) is 5.69 Å². The molecule has 0 radical (unpaired) electrons. The molecule has 0 aromatic heterocycles. The summed E-state index contributed by atoms with van der Waals surface area (Å²) >= 11 is 0. The summed E-state index contributed by atoms with van der Waals surface area (Å²) in [5.41, 5.74) is 1.61. The average molecular weight is 453 g/mol. The van der Waals surface area contributed by atoms with Gasteiger partial charge >= 0.3 is 11.9 Å². The number of nitro benzene ring substituents is 1. The number of allylic oxidation sites excluding steroid dienone is 6. The lowest BCUT2D eigenvalue weighted by Gasteiger charge is -2.30. The zero-order chi connectivity index (χ0) is 24.4. The van der Waals surface area contributed by atoms with Crippen LogP contribution in [0.15, 0.2) is 83.4 Å². The van der Waals surface area contributed by atoms with Crippen molar-refractivity contribution in [1.82, 2.24) is 5.32 Å². The quantitative estimate of drug-likeness (QED) is 0.185. The minimum absolute atomic E-state index is 0.0311. The van der Waals surface area contributed by atoms with E-state index in [1.54, 1.807) is 44.2 Å². The average Bonchev–Trinajstić information content (AvgIpc) is 2.78. The topological polar surface area (TPSA) is 108 Å². The van der Waals surface area contributed by atoms with Gasteiger partial charge in [0.05, 0.1) is 28.2 Å². The van der Waals surface area contributed by atoms with Crippen LogP contribution in [0.3, 0.4) is 0 Å². The van der Waals surface area contributed by atoms with Crippen molar-refractivity contribution in [1.29, 1.82) is 0 Å². The van der Waals surface area contributed by atoms with E-state index in [2.05, 4.69) is 5.32 Å². The molecule has 1 aromatic carbocycles. The second kappa shape index (κ2) is 12.2. The van der Waals surface area contributed by atoms with Crippen molar-refractivity contribution < 1.29 is 24.0 Å². The number of rotatable bonds is 9. The lowest BCUT2D eigenvalue weighted by Crippen LogP contribution is -2.32. The zero-order valence-electron chi connectivity index (χ0n) is 19.2. The maximum atomic E-state index is 13.1. The Morgan fingerprint density at radius 3 is 2.45 bits per heavy atom. The molecule has 2 rings (SSSR count). The molecule has 0 spiro atoms. The Morgan fingerprint density at radius 1 is 1.12 bits per heavy atom. The third kappa shape index (κ3) is 6.52. The lowest BCUT2D eigenvalue weighted by molar-refractivity contribution is -0.384. The van der Waals surface area contributed by atoms with Gasteiger partial charge in [0.1, 0.15) is 6.61 Å². The third-order valence-corrected chi connectivity index (χ3v) is 4.87. The number of benzene rings is 1. The van der Waals surface area contributed by atoms with E-state index >= 15 is 0 Å². The number of nitro groups is 1. The molecule has 0 saturated carbocycles. The Hall–Kier alpha value is -3.94. The van der Waals surface area contributed by atoms with Crippen LogP contribution in [0.25, 0.3) is 0 Å². The number of nitrogens with zero attached hydrogens (tertiary/aromatic N) is 1. The number of nitrogens with one attached hydrogen (secondary N) is 1. The first-order chi connectivity index (χ1) is 15.8. The number of carbonyl (C=O) groups is 2. The fourth-order valence-corrected chi connectivity index (χ4v) is 3.40. The van der Waals surface area contributed by atoms with Gasteiger partial charge in [0, 0.05) is 23.5 Å². The van der Waals surface area contributed by atoms with Gasteiger partial charge in [-0.15, -0.1) is 0 Å². The van der Waals surface area contributed by atoms with Gasteiger partial charge in [-0.05, 0) is 44.9 Å². The van der Waals surface area contributed by atoms with E-state index in [1.807, 2.05) is 19.9 Å². The molecule has 33 heavy (non-hydrogen) atoms. The van der Waals surface area contributed by atoms with Crippen molar-refractivity contribution in [3.8, 4) is 0 Å². The Bertz CT molecular complexity index is 1060. The van der Waals surface area contributed by atoms with Gasteiger partial charge in [0.25, 0.3) is 5.69 Å². The first-order valence-corrected chi connectivity index (χ1v) is 10.6. The summed E-state index contributed by atoms with van der Waals surface area (Å²) in [5, 5.41) is 14.4. The smallest absolute Gasteiger partial charge is 0.341 e. The number of carbonyl (C=O) groups excluding carboxylic acids is 2. The minimum Gasteiger partial charge on any atom is -0.458 e. The molecule has 0 saturated heterocycles. The maximum Gasteiger partial charge on any atom is 0.341 e. The summed E-state index contributed by atoms with van der Waals surface area (Å²) in [6.07, 6.45) is 10.7. The molecule has 174 valence electrons. The van der Waals surface area contributed by atoms with E-state index in [-0.39, 0.29) is 23.4 Å². The van der Waals surface area contributed by atoms with Gasteiger partial charge < -0.3 is 14.8 Å². The van der Waals surface area contributed by atoms with Crippen LogP contribution in [0.2, 0.25) is 0 Å². The van der Waals surface area contributed by atoms with Crippen LogP contribution in [0.5, 0.6) is 0 Å². The molecule has 1 N–H and O–H groups in total. The normalized spacial score (nSPS) is 16.5. The van der Waals surface area contributed by atoms with Crippen LogP contribution in [-0.4, -0.2) is 23.5 Å². The fourth-order valence-electron chi connectivity index (χ4n) is 3.40. The number of hydrogen-bond acceptors (Lipinski definition) is 7. The van der Waals surface area contributed by atoms with Gasteiger partial charge in [0.15, 0.2) is 0 Å². The molecule has 1 aliphatic rings. The van der Waals surface area contributed by atoms with Gasteiger partial charge in [-0.1, -0.05) is 37.3 Å². The van der Waals surface area contributed by atoms with E-state index in [1.165, 1.54) is 24.5 Å². The molecule has 0 amide bonds. The monoisotopic (exact) mass is 452 g/mol. The number of non-ortho nitro benzene ring substituents is 1. The number of dihydropyridines is 1. The molecule has 1 aromatic rings. The molecule has 0 fully saturated rings. The maximum absolute atomic E-state index is 13.1. The standard InChI is InChI=1S/C25H28N2O6/c1-5-7-9-10-15-33-25(29)22-18(4)26-17(3)21(24(28)32-14-8-6-2)23(22)19-12-11-13-20(16-19)27(30)31/h5,7-14,16,23,26H,6,15H2,1-4H3. The predicted octanol–water partition coefficient (Wildman–Crippen LogP) is 4.97. The highest BCUT2D eigenvalue weighted by molar-refractivity contribution is 6.00. The van der Waals surface area contributed by atoms with E-state index in [4.69, 9.17) is 9.47 Å². The highest BCUT2D eigenvalue weighted by Gasteiger charge is 2.38. The summed E-state index contributed by atoms with van der Waals surface area (Å²) in [4.78, 5) is 36.9. The zero-order valence-corrected chi connectivity index (χ0v) is 19.2. The van der Waals surface area contributed by atoms with Crippen LogP contribution in [0.1, 0.15) is 45.6 Å². The van der Waals surface area contributed by atoms with Gasteiger partial charge in [0.2, 0.25) is 0 Å². The van der Waals surface area contributed by atoms with E-state index in [0.29, 0.717) is 23.4 Å². The van der Waals surface area contributed by atoms with Crippen molar-refractivity contribution in [2.24, 2.45) is 0 Å². The molecule has 0 bridgehead atoms. The molecule has 1 aliphatic heterocycles. The highest BCUT2D eigenvalue weighted by Crippen LogP contribution is 2.40. The summed E-state index contributed by atoms with van der Waals surface area (Å²) < 4.78 is 10.7. The van der Waals surface area contributed by atoms with Crippen LogP contribution in [-0.2, 0) is 19.1 Å². The molecule has 0 aliphatic carbocycles. The number of hydrogen-bond donors (Lipinski definition) is 1. The predicted molar refractivity (Wildman–Crippen MR) is 125 cm³/mol. The van der Waals surface area contributed by atoms with Gasteiger partial charge in [-0.25, -0.2) is 9.59 Å². The molecule has 1 unspecified atom stereocenters. The van der Waals surface area contributed by atoms with Crippen LogP contribution in [0, 0.1) is 10.1 Å². The first kappa shape index (κ1) is 25.3. The molecule has 8 heteroatoms. The second-order valence-corrected chi connectivity index (χ2v) is 7.23. The van der Waals surface area contributed by atoms with Crippen molar-refractivity contribution >= 4 is 17.6 Å². The van der Waals surface area contributed by atoms with E-state index in [0.717, 1.165) is 0 Å². The Kier molecular flexibility index (Phi) is 9.35. The molecular weight excluding hydrogens is 424 g/mol.